The fraction of sp³-hybridized carbons (Fsp3) is 0.294. The number of hydrogen-bond acceptors (Lipinski definition) is 4. The summed E-state index contributed by atoms with van der Waals surface area (Å²) in [6.45, 7) is 2.71. The van der Waals surface area contributed by atoms with E-state index in [1.165, 1.54) is 0 Å². The number of nitrogens with zero attached hydrogens (tertiary/aromatic N) is 6. The van der Waals surface area contributed by atoms with Crippen LogP contribution in [0.25, 0.3) is 11.5 Å². The Morgan fingerprint density at radius 2 is 2.04 bits per heavy atom. The van der Waals surface area contributed by atoms with Gasteiger partial charge in [0.15, 0.2) is 11.6 Å². The van der Waals surface area contributed by atoms with Crippen LogP contribution in [0.1, 0.15) is 24.4 Å². The van der Waals surface area contributed by atoms with Crippen LogP contribution in [0.15, 0.2) is 36.5 Å². The first-order valence-corrected chi connectivity index (χ1v) is 8.38. The summed E-state index contributed by atoms with van der Waals surface area (Å²) in [7, 11) is 1.84. The van der Waals surface area contributed by atoms with E-state index in [1.807, 2.05) is 55.1 Å². The van der Waals surface area contributed by atoms with Crippen LogP contribution >= 0.6 is 11.6 Å². The number of fused-ring (bicyclic) bond motifs is 1. The lowest BCUT2D eigenvalue weighted by molar-refractivity contribution is -0.137. The highest BCUT2D eigenvalue weighted by molar-refractivity contribution is 6.31. The van der Waals surface area contributed by atoms with E-state index in [1.54, 1.807) is 9.58 Å². The third-order valence-electron chi connectivity index (χ3n) is 4.42. The van der Waals surface area contributed by atoms with E-state index >= 15 is 0 Å². The minimum atomic E-state index is -0.391. The molecule has 3 heterocycles. The number of carbonyl (C=O) groups excluding carboxylic acids is 1. The molecule has 0 aliphatic carbocycles. The van der Waals surface area contributed by atoms with E-state index in [4.69, 9.17) is 11.6 Å². The van der Waals surface area contributed by atoms with Crippen LogP contribution in [0.5, 0.6) is 0 Å². The molecule has 0 fully saturated rings. The van der Waals surface area contributed by atoms with Crippen molar-refractivity contribution in [1.82, 2.24) is 29.4 Å². The first-order valence-electron chi connectivity index (χ1n) is 8.00. The van der Waals surface area contributed by atoms with Gasteiger partial charge in [-0.25, -0.2) is 0 Å². The molecule has 1 aliphatic rings. The highest BCUT2D eigenvalue weighted by Crippen LogP contribution is 2.29. The van der Waals surface area contributed by atoms with E-state index in [9.17, 15) is 4.79 Å². The van der Waals surface area contributed by atoms with Crippen LogP contribution in [-0.2, 0) is 24.9 Å². The quantitative estimate of drug-likeness (QED) is 0.722. The van der Waals surface area contributed by atoms with Crippen molar-refractivity contribution in [2.24, 2.45) is 7.05 Å². The molecule has 1 aromatic carbocycles. The van der Waals surface area contributed by atoms with Crippen LogP contribution in [0, 0.1) is 0 Å². The van der Waals surface area contributed by atoms with Crippen LogP contribution in [-0.4, -0.2) is 35.4 Å². The van der Waals surface area contributed by atoms with Gasteiger partial charge in [0.1, 0.15) is 11.7 Å². The van der Waals surface area contributed by atoms with Crippen molar-refractivity contribution in [3.63, 3.8) is 0 Å². The molecule has 8 heteroatoms. The number of benzene rings is 1. The number of halogens is 1. The SMILES string of the molecule is C[C@H]1C(=O)N(Cc2ccccc2Cl)Cc2nnc(-c3ccn(C)n3)n21. The van der Waals surface area contributed by atoms with Crippen molar-refractivity contribution in [2.75, 3.05) is 0 Å². The first kappa shape index (κ1) is 15.8. The maximum absolute atomic E-state index is 12.9. The van der Waals surface area contributed by atoms with Crippen molar-refractivity contribution < 1.29 is 4.79 Å². The Bertz CT molecular complexity index is 946. The summed E-state index contributed by atoms with van der Waals surface area (Å²) in [6.07, 6.45) is 1.84. The number of carbonyl (C=O) groups is 1. The molecule has 7 nitrogen and oxygen atoms in total. The van der Waals surface area contributed by atoms with Gasteiger partial charge in [-0.2, -0.15) is 5.10 Å². The Kier molecular flexibility index (Phi) is 3.80. The van der Waals surface area contributed by atoms with E-state index in [-0.39, 0.29) is 5.91 Å². The predicted molar refractivity (Wildman–Crippen MR) is 92.6 cm³/mol. The van der Waals surface area contributed by atoms with Gasteiger partial charge >= 0.3 is 0 Å². The summed E-state index contributed by atoms with van der Waals surface area (Å²) in [6, 6.07) is 9.03. The molecule has 128 valence electrons. The monoisotopic (exact) mass is 356 g/mol. The Labute approximate surface area is 149 Å². The number of aromatic nitrogens is 5. The molecule has 0 spiro atoms. The van der Waals surface area contributed by atoms with Crippen LogP contribution in [0.4, 0.5) is 0 Å². The predicted octanol–water partition coefficient (Wildman–Crippen LogP) is 2.44. The van der Waals surface area contributed by atoms with E-state index in [2.05, 4.69) is 15.3 Å². The second kappa shape index (κ2) is 6.00. The standard InChI is InChI=1S/C17H17ClN6O/c1-11-17(25)23(9-12-5-3-4-6-13(12)18)10-15-19-20-16(24(11)15)14-7-8-22(2)21-14/h3-8,11H,9-10H2,1-2H3/t11-/m0/s1. The zero-order valence-electron chi connectivity index (χ0n) is 13.9. The number of aryl methyl sites for hydroxylation is 1. The molecule has 1 amide bonds. The molecular weight excluding hydrogens is 340 g/mol. The zero-order valence-corrected chi connectivity index (χ0v) is 14.7. The fourth-order valence-electron chi connectivity index (χ4n) is 3.14. The molecule has 0 N–H and O–H groups in total. The van der Waals surface area contributed by atoms with Crippen LogP contribution in [0.2, 0.25) is 5.02 Å². The van der Waals surface area contributed by atoms with Crippen molar-refractivity contribution >= 4 is 17.5 Å². The van der Waals surface area contributed by atoms with Crippen molar-refractivity contribution in [2.45, 2.75) is 26.1 Å². The first-order chi connectivity index (χ1) is 12.0. The van der Waals surface area contributed by atoms with E-state index in [0.717, 1.165) is 11.4 Å². The van der Waals surface area contributed by atoms with Gasteiger partial charge in [-0.05, 0) is 24.6 Å². The molecule has 0 unspecified atom stereocenters. The highest BCUT2D eigenvalue weighted by Gasteiger charge is 2.34. The molecule has 4 rings (SSSR count). The minimum absolute atomic E-state index is 0.0180. The topological polar surface area (TPSA) is 68.8 Å². The third kappa shape index (κ3) is 2.70. The summed E-state index contributed by atoms with van der Waals surface area (Å²) in [5.74, 6) is 1.39. The van der Waals surface area contributed by atoms with Gasteiger partial charge in [0.25, 0.3) is 0 Å². The minimum Gasteiger partial charge on any atom is -0.329 e. The van der Waals surface area contributed by atoms with Gasteiger partial charge < -0.3 is 4.90 Å². The molecule has 25 heavy (non-hydrogen) atoms. The van der Waals surface area contributed by atoms with Crippen molar-refractivity contribution in [1.29, 1.82) is 0 Å². The third-order valence-corrected chi connectivity index (χ3v) is 4.79. The average Bonchev–Trinajstić information content (AvgIpc) is 3.20. The van der Waals surface area contributed by atoms with E-state index < -0.39 is 6.04 Å². The lowest BCUT2D eigenvalue weighted by atomic mass is 10.1. The lowest BCUT2D eigenvalue weighted by Crippen LogP contribution is -2.41. The molecule has 1 atom stereocenters. The van der Waals surface area contributed by atoms with E-state index in [0.29, 0.717) is 29.6 Å². The molecule has 2 aromatic heterocycles. The summed E-state index contributed by atoms with van der Waals surface area (Å²) in [5.41, 5.74) is 1.63. The van der Waals surface area contributed by atoms with Gasteiger partial charge in [-0.15, -0.1) is 10.2 Å². The largest absolute Gasteiger partial charge is 0.329 e. The number of hydrogen-bond donors (Lipinski definition) is 0. The van der Waals surface area contributed by atoms with Gasteiger partial charge in [-0.1, -0.05) is 29.8 Å². The van der Waals surface area contributed by atoms with Crippen molar-refractivity contribution in [3.05, 3.63) is 52.9 Å². The van der Waals surface area contributed by atoms with Gasteiger partial charge in [0.2, 0.25) is 5.91 Å². The van der Waals surface area contributed by atoms with Gasteiger partial charge in [0.05, 0.1) is 6.54 Å². The molecule has 3 aromatic rings. The second-order valence-corrected chi connectivity index (χ2v) is 6.55. The summed E-state index contributed by atoms with van der Waals surface area (Å²) in [5, 5.41) is 13.6. The second-order valence-electron chi connectivity index (χ2n) is 6.15. The van der Waals surface area contributed by atoms with Crippen molar-refractivity contribution in [3.8, 4) is 11.5 Å². The Balaban J connectivity index is 1.67. The number of amides is 1. The van der Waals surface area contributed by atoms with Gasteiger partial charge in [0, 0.05) is 24.8 Å². The van der Waals surface area contributed by atoms with Gasteiger partial charge in [-0.3, -0.25) is 14.0 Å². The average molecular weight is 357 g/mol. The number of rotatable bonds is 3. The molecule has 1 aliphatic heterocycles. The summed E-state index contributed by atoms with van der Waals surface area (Å²) in [4.78, 5) is 14.6. The Morgan fingerprint density at radius 1 is 1.24 bits per heavy atom. The Morgan fingerprint density at radius 3 is 2.76 bits per heavy atom. The lowest BCUT2D eigenvalue weighted by Gasteiger charge is -2.32. The molecule has 0 radical (unpaired) electrons. The maximum atomic E-state index is 12.9. The molecule has 0 saturated heterocycles. The Hall–Kier alpha value is -2.67. The van der Waals surface area contributed by atoms with Crippen LogP contribution < -0.4 is 0 Å². The molecule has 0 saturated carbocycles. The summed E-state index contributed by atoms with van der Waals surface area (Å²) >= 11 is 6.23. The maximum Gasteiger partial charge on any atom is 0.246 e. The molecule has 0 bridgehead atoms. The zero-order chi connectivity index (χ0) is 17.6. The fourth-order valence-corrected chi connectivity index (χ4v) is 3.33. The highest BCUT2D eigenvalue weighted by atomic mass is 35.5. The smallest absolute Gasteiger partial charge is 0.246 e. The summed E-state index contributed by atoms with van der Waals surface area (Å²) < 4.78 is 3.57. The normalized spacial score (nSPS) is 17.0. The van der Waals surface area contributed by atoms with Crippen LogP contribution in [0.3, 0.4) is 0 Å². The molecular formula is C17H17ClN6O.